The van der Waals surface area contributed by atoms with E-state index in [4.69, 9.17) is 0 Å². The summed E-state index contributed by atoms with van der Waals surface area (Å²) in [6, 6.07) is 11.3. The van der Waals surface area contributed by atoms with Crippen LogP contribution in [0.3, 0.4) is 0 Å². The number of thioether (sulfide) groups is 1. The van der Waals surface area contributed by atoms with Crippen LogP contribution in [0.2, 0.25) is 0 Å². The van der Waals surface area contributed by atoms with Gasteiger partial charge >= 0.3 is 0 Å². The van der Waals surface area contributed by atoms with Gasteiger partial charge in [0.05, 0.1) is 21.9 Å². The minimum Gasteiger partial charge on any atom is -0.348 e. The van der Waals surface area contributed by atoms with Crippen molar-refractivity contribution in [1.82, 2.24) is 5.32 Å². The van der Waals surface area contributed by atoms with Crippen molar-refractivity contribution >= 4 is 27.5 Å². The molecule has 7 heteroatoms. The number of hydrogen-bond acceptors (Lipinski definition) is 4. The van der Waals surface area contributed by atoms with E-state index in [1.54, 1.807) is 37.3 Å². The molecule has 3 rings (SSSR count). The number of nitrogens with one attached hydrogen (secondary N) is 1. The highest BCUT2D eigenvalue weighted by molar-refractivity contribution is 8.01. The first-order valence-corrected chi connectivity index (χ1v) is 11.9. The average Bonchev–Trinajstić information content (AvgIpc) is 3.04. The van der Waals surface area contributed by atoms with Crippen molar-refractivity contribution in [3.05, 3.63) is 59.4 Å². The predicted molar refractivity (Wildman–Crippen MR) is 110 cm³/mol. The van der Waals surface area contributed by atoms with E-state index in [0.717, 1.165) is 24.0 Å². The third-order valence-corrected chi connectivity index (χ3v) is 8.11. The molecule has 150 valence electrons. The van der Waals surface area contributed by atoms with E-state index < -0.39 is 15.1 Å². The zero-order chi connectivity index (χ0) is 20.3. The molecule has 2 atom stereocenters. The van der Waals surface area contributed by atoms with Crippen LogP contribution in [0.4, 0.5) is 4.39 Å². The molecule has 1 aliphatic carbocycles. The Kier molecular flexibility index (Phi) is 6.45. The van der Waals surface area contributed by atoms with E-state index >= 15 is 0 Å². The molecule has 0 heterocycles. The van der Waals surface area contributed by atoms with Crippen molar-refractivity contribution in [2.24, 2.45) is 0 Å². The van der Waals surface area contributed by atoms with Gasteiger partial charge in [0.25, 0.3) is 0 Å². The SMILES string of the molecule is CCCS(=O)(=O)c1ccccc1SC(C)C(=O)NC1CCc2ccc(F)cc21. The number of benzene rings is 2. The van der Waals surface area contributed by atoms with E-state index in [9.17, 15) is 17.6 Å². The van der Waals surface area contributed by atoms with Crippen molar-refractivity contribution in [3.63, 3.8) is 0 Å². The Balaban J connectivity index is 1.72. The number of sulfone groups is 1. The molecule has 0 aromatic heterocycles. The largest absolute Gasteiger partial charge is 0.348 e. The molecular weight excluding hydrogens is 397 g/mol. The molecule has 0 radical (unpaired) electrons. The maximum Gasteiger partial charge on any atom is 0.233 e. The molecule has 28 heavy (non-hydrogen) atoms. The molecule has 0 aliphatic heterocycles. The summed E-state index contributed by atoms with van der Waals surface area (Å²) in [5.74, 6) is -0.414. The first-order chi connectivity index (χ1) is 13.3. The number of amides is 1. The second-order valence-electron chi connectivity index (χ2n) is 6.97. The van der Waals surface area contributed by atoms with Crippen LogP contribution in [0, 0.1) is 5.82 Å². The topological polar surface area (TPSA) is 63.2 Å². The lowest BCUT2D eigenvalue weighted by atomic mass is 10.1. The lowest BCUT2D eigenvalue weighted by Crippen LogP contribution is -2.33. The van der Waals surface area contributed by atoms with Gasteiger partial charge in [0, 0.05) is 4.90 Å². The van der Waals surface area contributed by atoms with Gasteiger partial charge in [-0.05, 0) is 61.6 Å². The summed E-state index contributed by atoms with van der Waals surface area (Å²) >= 11 is 1.23. The van der Waals surface area contributed by atoms with Gasteiger partial charge in [-0.3, -0.25) is 4.79 Å². The predicted octanol–water partition coefficient (Wildman–Crippen LogP) is 4.29. The van der Waals surface area contributed by atoms with Crippen molar-refractivity contribution < 1.29 is 17.6 Å². The molecule has 4 nitrogen and oxygen atoms in total. The van der Waals surface area contributed by atoms with Gasteiger partial charge in [0.1, 0.15) is 5.82 Å². The number of carbonyl (C=O) groups is 1. The summed E-state index contributed by atoms with van der Waals surface area (Å²) in [7, 11) is -3.37. The maximum absolute atomic E-state index is 13.6. The summed E-state index contributed by atoms with van der Waals surface area (Å²) in [6.45, 7) is 3.58. The number of halogens is 1. The van der Waals surface area contributed by atoms with E-state index in [1.807, 2.05) is 6.92 Å². The smallest absolute Gasteiger partial charge is 0.233 e. The fourth-order valence-corrected chi connectivity index (χ4v) is 6.28. The number of aryl methyl sites for hydroxylation is 1. The summed E-state index contributed by atoms with van der Waals surface area (Å²) in [5, 5.41) is 2.51. The van der Waals surface area contributed by atoms with Crippen LogP contribution in [0.15, 0.2) is 52.3 Å². The molecule has 0 fully saturated rings. The van der Waals surface area contributed by atoms with Crippen molar-refractivity contribution in [1.29, 1.82) is 0 Å². The molecule has 1 aliphatic rings. The molecule has 2 aromatic carbocycles. The lowest BCUT2D eigenvalue weighted by Gasteiger charge is -2.19. The van der Waals surface area contributed by atoms with Crippen LogP contribution in [0.25, 0.3) is 0 Å². The maximum atomic E-state index is 13.6. The Morgan fingerprint density at radius 1 is 1.29 bits per heavy atom. The summed E-state index contributed by atoms with van der Waals surface area (Å²) in [6.07, 6.45) is 2.08. The molecule has 2 aromatic rings. The van der Waals surface area contributed by atoms with Gasteiger partial charge in [0.2, 0.25) is 5.91 Å². The van der Waals surface area contributed by atoms with Crippen molar-refractivity contribution in [2.45, 2.75) is 54.2 Å². The minimum absolute atomic E-state index is 0.0789. The fourth-order valence-electron chi connectivity index (χ4n) is 3.44. The van der Waals surface area contributed by atoms with Gasteiger partial charge in [-0.2, -0.15) is 0 Å². The van der Waals surface area contributed by atoms with Crippen molar-refractivity contribution in [3.8, 4) is 0 Å². The first-order valence-electron chi connectivity index (χ1n) is 9.39. The third-order valence-electron chi connectivity index (χ3n) is 4.83. The second kappa shape index (κ2) is 8.66. The Labute approximate surface area is 169 Å². The summed E-state index contributed by atoms with van der Waals surface area (Å²) in [5.41, 5.74) is 1.89. The third kappa shape index (κ3) is 4.58. The Morgan fingerprint density at radius 3 is 2.79 bits per heavy atom. The monoisotopic (exact) mass is 421 g/mol. The van der Waals surface area contributed by atoms with Crippen LogP contribution in [0.5, 0.6) is 0 Å². The summed E-state index contributed by atoms with van der Waals surface area (Å²) in [4.78, 5) is 13.6. The van der Waals surface area contributed by atoms with Crippen LogP contribution < -0.4 is 5.32 Å². The standard InChI is InChI=1S/C21H24FNO3S2/c1-3-12-28(25,26)20-7-5-4-6-19(20)27-14(2)21(24)23-18-11-9-15-8-10-16(22)13-17(15)18/h4-8,10,13-14,18H,3,9,11-12H2,1-2H3,(H,23,24). The average molecular weight is 422 g/mol. The molecule has 0 saturated heterocycles. The van der Waals surface area contributed by atoms with Crippen LogP contribution in [-0.4, -0.2) is 25.3 Å². The lowest BCUT2D eigenvalue weighted by molar-refractivity contribution is -0.121. The molecule has 1 N–H and O–H groups in total. The van der Waals surface area contributed by atoms with Crippen LogP contribution in [-0.2, 0) is 21.1 Å². The van der Waals surface area contributed by atoms with Gasteiger partial charge in [-0.25, -0.2) is 12.8 Å². The molecule has 1 amide bonds. The van der Waals surface area contributed by atoms with Crippen LogP contribution in [0.1, 0.15) is 43.9 Å². The molecule has 2 unspecified atom stereocenters. The van der Waals surface area contributed by atoms with Crippen molar-refractivity contribution in [2.75, 3.05) is 5.75 Å². The molecular formula is C21H24FNO3S2. The van der Waals surface area contributed by atoms with E-state index in [1.165, 1.54) is 23.9 Å². The fraction of sp³-hybridized carbons (Fsp3) is 0.381. The minimum atomic E-state index is -3.37. The Hall–Kier alpha value is -1.86. The van der Waals surface area contributed by atoms with Gasteiger partial charge in [-0.1, -0.05) is 25.1 Å². The highest BCUT2D eigenvalue weighted by atomic mass is 32.2. The molecule has 0 saturated carbocycles. The van der Waals surface area contributed by atoms with Gasteiger partial charge < -0.3 is 5.32 Å². The number of fused-ring (bicyclic) bond motifs is 1. The quantitative estimate of drug-likeness (QED) is 0.678. The number of rotatable bonds is 7. The zero-order valence-corrected chi connectivity index (χ0v) is 17.6. The second-order valence-corrected chi connectivity index (χ2v) is 10.4. The number of carbonyl (C=O) groups excluding carboxylic acids is 1. The van der Waals surface area contributed by atoms with Gasteiger partial charge in [0.15, 0.2) is 9.84 Å². The van der Waals surface area contributed by atoms with E-state index in [-0.39, 0.29) is 28.4 Å². The summed E-state index contributed by atoms with van der Waals surface area (Å²) < 4.78 is 38.6. The Bertz CT molecular complexity index is 975. The first kappa shape index (κ1) is 20.9. The van der Waals surface area contributed by atoms with E-state index in [2.05, 4.69) is 5.32 Å². The highest BCUT2D eigenvalue weighted by Crippen LogP contribution is 2.34. The van der Waals surface area contributed by atoms with E-state index in [0.29, 0.717) is 11.3 Å². The van der Waals surface area contributed by atoms with Gasteiger partial charge in [-0.15, -0.1) is 11.8 Å². The molecule has 0 bridgehead atoms. The van der Waals surface area contributed by atoms with Crippen LogP contribution >= 0.6 is 11.8 Å². The number of hydrogen-bond donors (Lipinski definition) is 1. The molecule has 0 spiro atoms. The highest BCUT2D eigenvalue weighted by Gasteiger charge is 2.27. The Morgan fingerprint density at radius 2 is 2.04 bits per heavy atom. The normalized spacial score (nSPS) is 17.2. The zero-order valence-electron chi connectivity index (χ0n) is 15.9.